The van der Waals surface area contributed by atoms with E-state index in [2.05, 4.69) is 30.2 Å². The third-order valence-corrected chi connectivity index (χ3v) is 6.85. The molecule has 0 atom stereocenters. The van der Waals surface area contributed by atoms with Crippen LogP contribution in [0.1, 0.15) is 27.2 Å². The Balaban J connectivity index is 1.37. The third-order valence-electron chi connectivity index (χ3n) is 6.85. The Bertz CT molecular complexity index is 1830. The zero-order valence-corrected chi connectivity index (χ0v) is 22.1. The van der Waals surface area contributed by atoms with E-state index in [9.17, 15) is 18.0 Å². The van der Waals surface area contributed by atoms with Crippen molar-refractivity contribution in [3.63, 3.8) is 0 Å². The van der Waals surface area contributed by atoms with Crippen LogP contribution in [0.5, 0.6) is 0 Å². The molecule has 41 heavy (non-hydrogen) atoms. The average molecular weight is 556 g/mol. The van der Waals surface area contributed by atoms with E-state index in [0.29, 0.717) is 30.1 Å². The number of carbonyl (C=O) groups is 1. The highest BCUT2D eigenvalue weighted by Crippen LogP contribution is 2.39. The predicted molar refractivity (Wildman–Crippen MR) is 149 cm³/mol. The van der Waals surface area contributed by atoms with Crippen LogP contribution >= 0.6 is 0 Å². The SMILES string of the molecule is Cc1ccc(N=c2ncc3cc(-c4cc(NC(=O)c5cccc(C(F)(F)F)c5)ccc4C)c4n(c-3n2)CCN4)cn1. The van der Waals surface area contributed by atoms with Gasteiger partial charge in [0.2, 0.25) is 0 Å². The van der Waals surface area contributed by atoms with Crippen LogP contribution in [0, 0.1) is 13.8 Å². The Hall–Kier alpha value is -5.06. The molecule has 1 amide bonds. The quantitative estimate of drug-likeness (QED) is 0.284. The molecule has 3 aliphatic rings. The molecule has 2 N–H and O–H groups in total. The van der Waals surface area contributed by atoms with Crippen LogP contribution in [0.15, 0.2) is 78.0 Å². The summed E-state index contributed by atoms with van der Waals surface area (Å²) in [5.41, 5.74) is 4.89. The van der Waals surface area contributed by atoms with Gasteiger partial charge in [-0.2, -0.15) is 18.2 Å². The van der Waals surface area contributed by atoms with Gasteiger partial charge in [-0.25, -0.2) is 9.98 Å². The van der Waals surface area contributed by atoms with Gasteiger partial charge in [-0.05, 0) is 73.5 Å². The van der Waals surface area contributed by atoms with Gasteiger partial charge < -0.3 is 15.2 Å². The number of aryl methyl sites for hydroxylation is 2. The lowest BCUT2D eigenvalue weighted by Gasteiger charge is -2.19. The van der Waals surface area contributed by atoms with Gasteiger partial charge in [-0.3, -0.25) is 9.78 Å². The van der Waals surface area contributed by atoms with E-state index in [1.54, 1.807) is 18.5 Å². The van der Waals surface area contributed by atoms with Crippen LogP contribution in [0.3, 0.4) is 0 Å². The van der Waals surface area contributed by atoms with Gasteiger partial charge in [-0.15, -0.1) is 0 Å². The first-order valence-electron chi connectivity index (χ1n) is 12.9. The summed E-state index contributed by atoms with van der Waals surface area (Å²) in [7, 11) is 0. The van der Waals surface area contributed by atoms with Crippen molar-refractivity contribution in [1.29, 1.82) is 0 Å². The third kappa shape index (κ3) is 5.25. The maximum absolute atomic E-state index is 13.1. The van der Waals surface area contributed by atoms with E-state index in [-0.39, 0.29) is 5.56 Å². The summed E-state index contributed by atoms with van der Waals surface area (Å²) in [5, 5.41) is 6.17. The number of nitrogens with one attached hydrogen (secondary N) is 2. The number of halogens is 3. The van der Waals surface area contributed by atoms with Gasteiger partial charge in [-0.1, -0.05) is 12.1 Å². The summed E-state index contributed by atoms with van der Waals surface area (Å²) in [5.74, 6) is 0.966. The molecule has 2 aromatic carbocycles. The normalized spacial score (nSPS) is 13.2. The second-order valence-electron chi connectivity index (χ2n) is 9.77. The Morgan fingerprint density at radius 3 is 2.63 bits per heavy atom. The number of hydrogen-bond donors (Lipinski definition) is 2. The Labute approximate surface area is 233 Å². The van der Waals surface area contributed by atoms with E-state index in [4.69, 9.17) is 4.98 Å². The molecular weight excluding hydrogens is 531 g/mol. The molecule has 3 aliphatic heterocycles. The number of aromatic nitrogens is 4. The summed E-state index contributed by atoms with van der Waals surface area (Å²) in [6.45, 7) is 5.25. The minimum atomic E-state index is -4.54. The number of carbonyl (C=O) groups excluding carboxylic acids is 1. The molecule has 11 heteroatoms. The average Bonchev–Trinajstić information content (AvgIpc) is 3.45. The topological polar surface area (TPSA) is 97.1 Å². The monoisotopic (exact) mass is 555 g/mol. The lowest BCUT2D eigenvalue weighted by Crippen LogP contribution is -2.17. The standard InChI is InChI=1S/C30H24F3N7O/c1-17-6-8-22(37-28(41)19-4-3-5-21(12-19)30(31,32)33)14-24(17)25-13-20-15-36-29(38-23-9-7-18(2)35-16-23)39-26(20)40-11-10-34-27(25)40/h3-9,12-16,34H,10-11H2,1-2H3,(H,37,41). The van der Waals surface area contributed by atoms with Crippen molar-refractivity contribution in [1.82, 2.24) is 19.5 Å². The predicted octanol–water partition coefficient (Wildman–Crippen LogP) is 5.99. The molecule has 0 aliphatic carbocycles. The number of rotatable bonds is 4. The molecule has 1 aromatic heterocycles. The molecule has 0 radical (unpaired) electrons. The van der Waals surface area contributed by atoms with Crippen LogP contribution in [0.4, 0.5) is 30.4 Å². The summed E-state index contributed by atoms with van der Waals surface area (Å²) < 4.78 is 41.5. The number of nitrogens with zero attached hydrogens (tertiary/aromatic N) is 5. The highest BCUT2D eigenvalue weighted by molar-refractivity contribution is 6.04. The Kier molecular flexibility index (Phi) is 6.49. The van der Waals surface area contributed by atoms with Crippen molar-refractivity contribution < 1.29 is 18.0 Å². The van der Waals surface area contributed by atoms with E-state index in [1.165, 1.54) is 12.1 Å². The van der Waals surface area contributed by atoms with Crippen molar-refractivity contribution in [2.24, 2.45) is 4.99 Å². The van der Waals surface area contributed by atoms with E-state index in [1.807, 2.05) is 44.2 Å². The fourth-order valence-electron chi connectivity index (χ4n) is 4.79. The molecular formula is C30H24F3N7O. The summed E-state index contributed by atoms with van der Waals surface area (Å²) in [6, 6.07) is 15.5. The maximum atomic E-state index is 13.1. The Morgan fingerprint density at radius 1 is 1.00 bits per heavy atom. The fourth-order valence-corrected chi connectivity index (χ4v) is 4.79. The Morgan fingerprint density at radius 2 is 1.85 bits per heavy atom. The van der Waals surface area contributed by atoms with Gasteiger partial charge in [0.15, 0.2) is 0 Å². The molecule has 0 fully saturated rings. The van der Waals surface area contributed by atoms with Crippen molar-refractivity contribution in [2.45, 2.75) is 26.6 Å². The molecule has 206 valence electrons. The van der Waals surface area contributed by atoms with Crippen LogP contribution in [-0.2, 0) is 12.7 Å². The number of anilines is 2. The minimum absolute atomic E-state index is 0.0782. The molecule has 3 aromatic rings. The lowest BCUT2D eigenvalue weighted by molar-refractivity contribution is -0.137. The molecule has 8 nitrogen and oxygen atoms in total. The number of alkyl halides is 3. The van der Waals surface area contributed by atoms with E-state index in [0.717, 1.165) is 51.7 Å². The van der Waals surface area contributed by atoms with Crippen molar-refractivity contribution >= 4 is 23.1 Å². The van der Waals surface area contributed by atoms with Crippen molar-refractivity contribution in [3.8, 4) is 22.5 Å². The molecule has 0 saturated heterocycles. The molecule has 0 spiro atoms. The summed E-state index contributed by atoms with van der Waals surface area (Å²) in [4.78, 5) is 30.8. The number of hydrogen-bond acceptors (Lipinski definition) is 6. The van der Waals surface area contributed by atoms with E-state index >= 15 is 0 Å². The van der Waals surface area contributed by atoms with E-state index < -0.39 is 17.6 Å². The number of pyridine rings is 2. The molecule has 0 bridgehead atoms. The first-order chi connectivity index (χ1) is 19.7. The van der Waals surface area contributed by atoms with Crippen LogP contribution in [-0.4, -0.2) is 32.0 Å². The molecule has 6 rings (SSSR count). The van der Waals surface area contributed by atoms with Gasteiger partial charge in [0.05, 0.1) is 17.4 Å². The minimum Gasteiger partial charge on any atom is -0.369 e. The van der Waals surface area contributed by atoms with Gasteiger partial charge in [0, 0.05) is 47.4 Å². The van der Waals surface area contributed by atoms with Crippen LogP contribution in [0.25, 0.3) is 22.5 Å². The summed E-state index contributed by atoms with van der Waals surface area (Å²) in [6.07, 6.45) is -1.13. The maximum Gasteiger partial charge on any atom is 0.416 e. The molecule has 0 saturated carbocycles. The smallest absolute Gasteiger partial charge is 0.369 e. The van der Waals surface area contributed by atoms with Crippen LogP contribution in [0.2, 0.25) is 0 Å². The molecule has 4 heterocycles. The second kappa shape index (κ2) is 10.2. The zero-order chi connectivity index (χ0) is 28.7. The van der Waals surface area contributed by atoms with Crippen molar-refractivity contribution in [2.75, 3.05) is 17.2 Å². The number of fused-ring (bicyclic) bond motifs is 3. The number of amides is 1. The van der Waals surface area contributed by atoms with Crippen molar-refractivity contribution in [3.05, 3.63) is 101 Å². The van der Waals surface area contributed by atoms with Crippen LogP contribution < -0.4 is 16.3 Å². The fraction of sp³-hybridized carbons (Fsp3) is 0.167. The van der Waals surface area contributed by atoms with Gasteiger partial charge in [0.25, 0.3) is 11.5 Å². The van der Waals surface area contributed by atoms with Gasteiger partial charge in [0.1, 0.15) is 11.6 Å². The van der Waals surface area contributed by atoms with Gasteiger partial charge >= 0.3 is 6.18 Å². The first-order valence-corrected chi connectivity index (χ1v) is 12.9. The largest absolute Gasteiger partial charge is 0.416 e. The first kappa shape index (κ1) is 26.2. The zero-order valence-electron chi connectivity index (χ0n) is 22.1. The highest BCUT2D eigenvalue weighted by atomic mass is 19.4. The highest BCUT2D eigenvalue weighted by Gasteiger charge is 2.31. The summed E-state index contributed by atoms with van der Waals surface area (Å²) >= 11 is 0. The lowest BCUT2D eigenvalue weighted by atomic mass is 9.98. The second-order valence-corrected chi connectivity index (χ2v) is 9.77. The molecule has 0 unspecified atom stereocenters. The number of benzene rings is 2.